The molecule has 9 heavy (non-hydrogen) atoms. The van der Waals surface area contributed by atoms with Crippen molar-refractivity contribution in [1.29, 1.82) is 0 Å². The molecule has 0 saturated heterocycles. The summed E-state index contributed by atoms with van der Waals surface area (Å²) in [5.41, 5.74) is 0. The van der Waals surface area contributed by atoms with Crippen LogP contribution < -0.4 is 0 Å². The van der Waals surface area contributed by atoms with Gasteiger partial charge in [0.1, 0.15) is 6.61 Å². The van der Waals surface area contributed by atoms with Gasteiger partial charge in [-0.05, 0) is 19.2 Å². The van der Waals surface area contributed by atoms with Crippen molar-refractivity contribution in [1.82, 2.24) is 5.06 Å². The lowest BCUT2D eigenvalue weighted by molar-refractivity contribution is 0.172. The average Bonchev–Trinajstić information content (AvgIpc) is 1.90. The van der Waals surface area contributed by atoms with Crippen LogP contribution in [-0.2, 0) is 4.74 Å². The first-order valence-electron chi connectivity index (χ1n) is 2.71. The zero-order chi connectivity index (χ0) is 6.69. The minimum absolute atomic E-state index is 0.373. The number of nitrogens with zero attached hydrogens (tertiary/aromatic N) is 1. The molecule has 3 nitrogen and oxygen atoms in total. The first-order valence-corrected chi connectivity index (χ1v) is 2.71. The van der Waals surface area contributed by atoms with Gasteiger partial charge in [-0.2, -0.15) is 0 Å². The van der Waals surface area contributed by atoms with E-state index in [2.05, 4.69) is 0 Å². The van der Waals surface area contributed by atoms with Crippen molar-refractivity contribution in [3.63, 3.8) is 0 Å². The van der Waals surface area contributed by atoms with Crippen LogP contribution in [-0.4, -0.2) is 18.7 Å². The van der Waals surface area contributed by atoms with Crippen LogP contribution in [0.3, 0.4) is 0 Å². The summed E-state index contributed by atoms with van der Waals surface area (Å²) in [5, 5.41) is 11.2. The monoisotopic (exact) mass is 126 g/mol. The van der Waals surface area contributed by atoms with Crippen LogP contribution in [0, 0.1) is 5.21 Å². The number of ether oxygens (including phenoxy) is 1. The van der Waals surface area contributed by atoms with Crippen molar-refractivity contribution < 1.29 is 4.74 Å². The Balaban J connectivity index is 2.57. The first-order chi connectivity index (χ1) is 4.30. The molecule has 1 rings (SSSR count). The third-order valence-electron chi connectivity index (χ3n) is 1.01. The van der Waals surface area contributed by atoms with Gasteiger partial charge in [-0.25, -0.2) is 0 Å². The number of hydrogen-bond donors (Lipinski definition) is 0. The van der Waals surface area contributed by atoms with Crippen molar-refractivity contribution in [2.45, 2.75) is 0 Å². The van der Waals surface area contributed by atoms with Crippen molar-refractivity contribution in [2.75, 3.05) is 13.7 Å². The van der Waals surface area contributed by atoms with Gasteiger partial charge in [-0.3, -0.25) is 0 Å². The Hall–Kier alpha value is -0.960. The molecule has 0 atom stereocenters. The summed E-state index contributed by atoms with van der Waals surface area (Å²) in [5.74, 6) is 0.373. The summed E-state index contributed by atoms with van der Waals surface area (Å²) in [6.45, 7) is 0.498. The Morgan fingerprint density at radius 1 is 1.78 bits per heavy atom. The topological polar surface area (TPSA) is 35.5 Å². The molecule has 1 aliphatic heterocycles. The predicted octanol–water partition coefficient (Wildman–Crippen LogP) is 0.844. The SMILES string of the molecule is CN([O-])C1=CC=CCO1. The summed E-state index contributed by atoms with van der Waals surface area (Å²) in [4.78, 5) is 0. The Morgan fingerprint density at radius 3 is 2.89 bits per heavy atom. The van der Waals surface area contributed by atoms with Crippen molar-refractivity contribution >= 4 is 0 Å². The van der Waals surface area contributed by atoms with Gasteiger partial charge in [0.25, 0.3) is 0 Å². The molecule has 3 heteroatoms. The highest BCUT2D eigenvalue weighted by Crippen LogP contribution is 2.05. The standard InChI is InChI=1S/C6H8NO2/c1-7(8)6-4-2-3-5-9-6/h2-4H,5H2,1H3/q-1. The van der Waals surface area contributed by atoms with Crippen LogP contribution in [0.4, 0.5) is 0 Å². The van der Waals surface area contributed by atoms with Crippen molar-refractivity contribution in [3.8, 4) is 0 Å². The molecule has 1 heterocycles. The smallest absolute Gasteiger partial charge is 0.178 e. The second-order valence-corrected chi connectivity index (χ2v) is 1.74. The highest BCUT2D eigenvalue weighted by Gasteiger charge is 1.95. The van der Waals surface area contributed by atoms with E-state index in [1.54, 1.807) is 12.2 Å². The number of hydroxylamine groups is 2. The molecule has 1 aliphatic rings. The van der Waals surface area contributed by atoms with E-state index in [1.807, 2.05) is 6.08 Å². The third-order valence-corrected chi connectivity index (χ3v) is 1.01. The molecule has 0 aliphatic carbocycles. The van der Waals surface area contributed by atoms with Gasteiger partial charge in [-0.15, -0.1) is 0 Å². The summed E-state index contributed by atoms with van der Waals surface area (Å²) in [6.07, 6.45) is 5.27. The minimum atomic E-state index is 0.373. The van der Waals surface area contributed by atoms with Crippen LogP contribution >= 0.6 is 0 Å². The fourth-order valence-corrected chi connectivity index (χ4v) is 0.583. The van der Waals surface area contributed by atoms with Gasteiger partial charge < -0.3 is 15.0 Å². The molecule has 0 aromatic heterocycles. The summed E-state index contributed by atoms with van der Waals surface area (Å²) in [6, 6.07) is 0. The van der Waals surface area contributed by atoms with Crippen LogP contribution in [0.15, 0.2) is 24.1 Å². The van der Waals surface area contributed by atoms with Gasteiger partial charge in [0, 0.05) is 0 Å². The lowest BCUT2D eigenvalue weighted by Crippen LogP contribution is -2.13. The summed E-state index contributed by atoms with van der Waals surface area (Å²) >= 11 is 0. The van der Waals surface area contributed by atoms with E-state index in [4.69, 9.17) is 4.74 Å². The quantitative estimate of drug-likeness (QED) is 0.488. The molecule has 0 fully saturated rings. The molecule has 0 unspecified atom stereocenters. The molecule has 0 aromatic rings. The molecule has 0 aromatic carbocycles. The molecule has 0 N–H and O–H groups in total. The van der Waals surface area contributed by atoms with E-state index >= 15 is 0 Å². The molecule has 0 bridgehead atoms. The van der Waals surface area contributed by atoms with Gasteiger partial charge >= 0.3 is 0 Å². The van der Waals surface area contributed by atoms with Crippen LogP contribution in [0.25, 0.3) is 0 Å². The molecular weight excluding hydrogens is 118 g/mol. The highest BCUT2D eigenvalue weighted by atomic mass is 16.6. The minimum Gasteiger partial charge on any atom is -0.756 e. The number of rotatable bonds is 1. The lowest BCUT2D eigenvalue weighted by atomic mass is 10.4. The zero-order valence-electron chi connectivity index (χ0n) is 5.20. The Bertz CT molecular complexity index is 149. The molecule has 0 amide bonds. The molecule has 0 spiro atoms. The van der Waals surface area contributed by atoms with Crippen LogP contribution in [0.5, 0.6) is 0 Å². The number of allylic oxidation sites excluding steroid dienone is 2. The Morgan fingerprint density at radius 2 is 2.56 bits per heavy atom. The largest absolute Gasteiger partial charge is 0.756 e. The zero-order valence-corrected chi connectivity index (χ0v) is 5.20. The van der Waals surface area contributed by atoms with Crippen molar-refractivity contribution in [3.05, 3.63) is 29.3 Å². The maximum Gasteiger partial charge on any atom is 0.178 e. The van der Waals surface area contributed by atoms with E-state index in [9.17, 15) is 5.21 Å². The molecule has 0 saturated carbocycles. The van der Waals surface area contributed by atoms with Gasteiger partial charge in [0.15, 0.2) is 5.88 Å². The number of hydrogen-bond acceptors (Lipinski definition) is 3. The molecule has 50 valence electrons. The maximum absolute atomic E-state index is 10.5. The predicted molar refractivity (Wildman–Crippen MR) is 34.3 cm³/mol. The van der Waals surface area contributed by atoms with Gasteiger partial charge in [0.2, 0.25) is 0 Å². The second-order valence-electron chi connectivity index (χ2n) is 1.74. The average molecular weight is 126 g/mol. The maximum atomic E-state index is 10.5. The van der Waals surface area contributed by atoms with E-state index in [0.717, 1.165) is 0 Å². The highest BCUT2D eigenvalue weighted by molar-refractivity contribution is 5.10. The normalized spacial score (nSPS) is 16.4. The fourth-order valence-electron chi connectivity index (χ4n) is 0.583. The van der Waals surface area contributed by atoms with E-state index in [1.165, 1.54) is 7.05 Å². The van der Waals surface area contributed by atoms with Crippen molar-refractivity contribution in [2.24, 2.45) is 0 Å². The summed E-state index contributed by atoms with van der Waals surface area (Å²) < 4.78 is 4.93. The first kappa shape index (κ1) is 6.16. The van der Waals surface area contributed by atoms with E-state index in [0.29, 0.717) is 17.6 Å². The second kappa shape index (κ2) is 2.55. The van der Waals surface area contributed by atoms with Gasteiger partial charge in [0.05, 0.1) is 0 Å². The summed E-state index contributed by atoms with van der Waals surface area (Å²) in [7, 11) is 1.41. The Labute approximate surface area is 53.8 Å². The van der Waals surface area contributed by atoms with E-state index < -0.39 is 0 Å². The third kappa shape index (κ3) is 1.47. The van der Waals surface area contributed by atoms with Crippen LogP contribution in [0.1, 0.15) is 0 Å². The molecular formula is C6H8NO2-. The van der Waals surface area contributed by atoms with Gasteiger partial charge in [-0.1, -0.05) is 6.08 Å². The Kier molecular flexibility index (Phi) is 1.75. The fraction of sp³-hybridized carbons (Fsp3) is 0.333. The molecule has 0 radical (unpaired) electrons. The lowest BCUT2D eigenvalue weighted by Gasteiger charge is -2.27. The van der Waals surface area contributed by atoms with Crippen LogP contribution in [0.2, 0.25) is 0 Å². The van der Waals surface area contributed by atoms with E-state index in [-0.39, 0.29) is 0 Å².